The van der Waals surface area contributed by atoms with E-state index in [9.17, 15) is 13.2 Å². The van der Waals surface area contributed by atoms with Crippen LogP contribution < -0.4 is 10.0 Å². The minimum absolute atomic E-state index is 0.0195. The lowest BCUT2D eigenvalue weighted by molar-refractivity contribution is 0.0515. The second-order valence-electron chi connectivity index (χ2n) is 9.05. The van der Waals surface area contributed by atoms with Crippen molar-refractivity contribution in [1.82, 2.24) is 9.88 Å². The molecule has 31 heavy (non-hydrogen) atoms. The first-order valence-corrected chi connectivity index (χ1v) is 12.6. The van der Waals surface area contributed by atoms with Crippen LogP contribution in [0.25, 0.3) is 0 Å². The maximum atomic E-state index is 13.7. The van der Waals surface area contributed by atoms with Crippen molar-refractivity contribution >= 4 is 27.3 Å². The van der Waals surface area contributed by atoms with Crippen LogP contribution in [0.3, 0.4) is 0 Å². The molecule has 2 aromatic rings. The number of hydrogen-bond acceptors (Lipinski definition) is 5. The Bertz CT molecular complexity index is 1130. The summed E-state index contributed by atoms with van der Waals surface area (Å²) in [6.07, 6.45) is 4.72. The van der Waals surface area contributed by atoms with E-state index in [0.29, 0.717) is 17.8 Å². The number of aromatic nitrogens is 1. The van der Waals surface area contributed by atoms with Gasteiger partial charge in [-0.2, -0.15) is 0 Å². The fourth-order valence-corrected chi connectivity index (χ4v) is 5.62. The molecule has 1 fully saturated rings. The Labute approximate surface area is 184 Å². The zero-order valence-corrected chi connectivity index (χ0v) is 19.3. The van der Waals surface area contributed by atoms with Crippen molar-refractivity contribution in [2.75, 3.05) is 22.8 Å². The van der Waals surface area contributed by atoms with Crippen molar-refractivity contribution in [2.24, 2.45) is 0 Å². The van der Waals surface area contributed by atoms with E-state index in [1.165, 1.54) is 5.56 Å². The highest BCUT2D eigenvalue weighted by atomic mass is 32.2. The average Bonchev–Trinajstić information content (AvgIpc) is 3.04. The highest BCUT2D eigenvalue weighted by Gasteiger charge is 2.46. The monoisotopic (exact) mass is 442 g/mol. The number of likely N-dealkylation sites (tertiary alicyclic amines) is 1. The van der Waals surface area contributed by atoms with Crippen LogP contribution in [-0.2, 0) is 16.4 Å². The summed E-state index contributed by atoms with van der Waals surface area (Å²) in [6, 6.07) is 8.87. The number of carbonyl (C=O) groups excluding carboxylic acids is 1. The van der Waals surface area contributed by atoms with Crippen LogP contribution in [0.5, 0.6) is 0 Å². The number of aryl methyl sites for hydroxylation is 2. The number of piperidine rings is 1. The maximum absolute atomic E-state index is 13.7. The molecule has 0 radical (unpaired) electrons. The van der Waals surface area contributed by atoms with E-state index in [0.717, 1.165) is 49.0 Å². The van der Waals surface area contributed by atoms with E-state index in [2.05, 4.69) is 30.0 Å². The summed E-state index contributed by atoms with van der Waals surface area (Å²) >= 11 is 0. The van der Waals surface area contributed by atoms with Gasteiger partial charge in [0.25, 0.3) is 5.91 Å². The molecule has 8 heteroatoms. The lowest BCUT2D eigenvalue weighted by atomic mass is 9.83. The topological polar surface area (TPSA) is 91.4 Å². The zero-order valence-electron chi connectivity index (χ0n) is 18.5. The number of rotatable bonds is 4. The normalized spacial score (nSPS) is 23.2. The number of nitrogens with one attached hydrogen (secondary N) is 2. The van der Waals surface area contributed by atoms with E-state index in [4.69, 9.17) is 4.98 Å². The average molecular weight is 443 g/mol. The first-order chi connectivity index (χ1) is 14.6. The summed E-state index contributed by atoms with van der Waals surface area (Å²) in [5, 5.41) is 3.70. The molecule has 0 saturated carbocycles. The number of nitrogens with zero attached hydrogens (tertiary/aromatic N) is 2. The third-order valence-electron chi connectivity index (χ3n) is 6.32. The van der Waals surface area contributed by atoms with Gasteiger partial charge in [-0.1, -0.05) is 12.1 Å². The van der Waals surface area contributed by atoms with Gasteiger partial charge in [0.2, 0.25) is 10.0 Å². The fourth-order valence-electron chi connectivity index (χ4n) is 5.04. The Kier molecular flexibility index (Phi) is 5.45. The van der Waals surface area contributed by atoms with Crippen LogP contribution in [0.15, 0.2) is 30.3 Å². The second kappa shape index (κ2) is 7.82. The minimum atomic E-state index is -3.49. The van der Waals surface area contributed by atoms with Crippen molar-refractivity contribution < 1.29 is 13.2 Å². The zero-order chi connectivity index (χ0) is 22.4. The van der Waals surface area contributed by atoms with E-state index < -0.39 is 10.0 Å². The van der Waals surface area contributed by atoms with Crippen LogP contribution in [0.4, 0.5) is 11.4 Å². The van der Waals surface area contributed by atoms with Crippen molar-refractivity contribution in [1.29, 1.82) is 0 Å². The van der Waals surface area contributed by atoms with Crippen molar-refractivity contribution in [3.05, 3.63) is 52.8 Å². The molecule has 7 nitrogen and oxygen atoms in total. The number of anilines is 2. The Hall–Kier alpha value is -2.61. The van der Waals surface area contributed by atoms with Gasteiger partial charge in [0.05, 0.1) is 40.5 Å². The minimum Gasteiger partial charge on any atom is -0.376 e. The molecule has 0 aliphatic carbocycles. The molecule has 2 aliphatic heterocycles. The van der Waals surface area contributed by atoms with Crippen LogP contribution in [0.2, 0.25) is 0 Å². The summed E-state index contributed by atoms with van der Waals surface area (Å²) in [7, 11) is -3.49. The van der Waals surface area contributed by atoms with Crippen LogP contribution in [-0.4, -0.2) is 48.6 Å². The standard InChI is InChI=1S/C23H30N4O3S/c1-15-13-16(2)24-19-14-23(3,25-21(15)19)20-11-7-8-12-27(20)22(28)17-9-5-6-10-18(17)26-31(4,29)30/h5-6,9-10,13,20,25-26H,7-8,11-12,14H2,1-4H3/t20-,23?/m0/s1. The predicted molar refractivity (Wildman–Crippen MR) is 123 cm³/mol. The molecule has 1 aromatic carbocycles. The lowest BCUT2D eigenvalue weighted by Crippen LogP contribution is -2.58. The third-order valence-corrected chi connectivity index (χ3v) is 6.91. The molecule has 1 aromatic heterocycles. The first kappa shape index (κ1) is 21.6. The molecular formula is C23H30N4O3S. The number of pyridine rings is 1. The summed E-state index contributed by atoms with van der Waals surface area (Å²) in [4.78, 5) is 20.3. The van der Waals surface area contributed by atoms with Gasteiger partial charge in [-0.25, -0.2) is 8.42 Å². The number of amides is 1. The van der Waals surface area contributed by atoms with Crippen molar-refractivity contribution in [2.45, 2.75) is 58.0 Å². The molecular weight excluding hydrogens is 412 g/mol. The van der Waals surface area contributed by atoms with E-state index >= 15 is 0 Å². The van der Waals surface area contributed by atoms with E-state index in [-0.39, 0.29) is 17.5 Å². The fraction of sp³-hybridized carbons (Fsp3) is 0.478. The summed E-state index contributed by atoms with van der Waals surface area (Å²) in [6.45, 7) is 6.91. The van der Waals surface area contributed by atoms with Gasteiger partial charge in [0.1, 0.15) is 0 Å². The molecule has 1 unspecified atom stereocenters. The molecule has 3 heterocycles. The summed E-state index contributed by atoms with van der Waals surface area (Å²) in [5.74, 6) is -0.142. The molecule has 166 valence electrons. The van der Waals surface area contributed by atoms with Gasteiger partial charge in [-0.3, -0.25) is 14.5 Å². The molecule has 2 N–H and O–H groups in total. The molecule has 1 amide bonds. The van der Waals surface area contributed by atoms with Crippen molar-refractivity contribution in [3.63, 3.8) is 0 Å². The van der Waals surface area contributed by atoms with E-state index in [1.54, 1.807) is 24.3 Å². The Balaban J connectivity index is 1.67. The Morgan fingerprint density at radius 3 is 2.74 bits per heavy atom. The quantitative estimate of drug-likeness (QED) is 0.756. The number of carbonyl (C=O) groups is 1. The predicted octanol–water partition coefficient (Wildman–Crippen LogP) is 3.49. The Morgan fingerprint density at radius 1 is 1.26 bits per heavy atom. The summed E-state index contributed by atoms with van der Waals surface area (Å²) in [5.41, 5.74) is 4.66. The summed E-state index contributed by atoms with van der Waals surface area (Å²) < 4.78 is 26.1. The van der Waals surface area contributed by atoms with Gasteiger partial charge in [0.15, 0.2) is 0 Å². The third kappa shape index (κ3) is 4.26. The van der Waals surface area contributed by atoms with Gasteiger partial charge in [-0.05, 0) is 63.8 Å². The van der Waals surface area contributed by atoms with Crippen LogP contribution in [0, 0.1) is 13.8 Å². The number of hydrogen-bond donors (Lipinski definition) is 2. The number of benzene rings is 1. The van der Waals surface area contributed by atoms with Gasteiger partial charge in [-0.15, -0.1) is 0 Å². The van der Waals surface area contributed by atoms with Gasteiger partial charge < -0.3 is 10.2 Å². The van der Waals surface area contributed by atoms with Gasteiger partial charge in [0, 0.05) is 18.7 Å². The number of para-hydroxylation sites is 1. The van der Waals surface area contributed by atoms with Crippen LogP contribution in [0.1, 0.15) is 53.5 Å². The van der Waals surface area contributed by atoms with E-state index in [1.807, 2.05) is 11.8 Å². The smallest absolute Gasteiger partial charge is 0.256 e. The Morgan fingerprint density at radius 2 is 2.00 bits per heavy atom. The highest BCUT2D eigenvalue weighted by Crippen LogP contribution is 2.40. The molecule has 0 spiro atoms. The lowest BCUT2D eigenvalue weighted by Gasteiger charge is -2.45. The number of sulfonamides is 1. The molecule has 2 atom stereocenters. The highest BCUT2D eigenvalue weighted by molar-refractivity contribution is 7.92. The first-order valence-electron chi connectivity index (χ1n) is 10.7. The SMILES string of the molecule is Cc1cc(C)c2c(n1)CC(C)([C@@H]1CCCCN1C(=O)c1ccccc1NS(C)(=O)=O)N2. The largest absolute Gasteiger partial charge is 0.376 e. The second-order valence-corrected chi connectivity index (χ2v) is 10.8. The molecule has 0 bridgehead atoms. The molecule has 4 rings (SSSR count). The molecule has 1 saturated heterocycles. The van der Waals surface area contributed by atoms with Crippen molar-refractivity contribution in [3.8, 4) is 0 Å². The molecule has 2 aliphatic rings. The van der Waals surface area contributed by atoms with Crippen LogP contribution >= 0.6 is 0 Å². The van der Waals surface area contributed by atoms with Gasteiger partial charge >= 0.3 is 0 Å². The number of fused-ring (bicyclic) bond motifs is 1. The maximum Gasteiger partial charge on any atom is 0.256 e.